The Morgan fingerprint density at radius 1 is 0.868 bits per heavy atom. The molecule has 1 saturated carbocycles. The van der Waals surface area contributed by atoms with E-state index in [0.717, 1.165) is 6.07 Å². The van der Waals surface area contributed by atoms with Crippen LogP contribution in [0.3, 0.4) is 0 Å². The fraction of sp³-hybridized carbons (Fsp3) is 0.179. The molecule has 1 heterocycles. The number of carbonyl (C=O) groups is 2. The molecule has 0 radical (unpaired) electrons. The SMILES string of the molecule is COc1cc2nccc(Oc3ccc(N(C(=O)C4(C(N)=O)CC4)c4ccc(F)cc4)cc3F)c2cc1OC. The number of anilines is 2. The number of ether oxygens (including phenoxy) is 3. The fourth-order valence-electron chi connectivity index (χ4n) is 4.24. The standard InChI is InChI=1S/C28H23F2N3O5/c1-36-24-14-19-21(15-25(24)37-2)32-12-9-22(19)38-23-8-7-18(13-20(23)30)33(17-5-3-16(29)4-6-17)27(35)28(10-11-28)26(31)34/h3-9,12-15H,10-11H2,1-2H3,(H2,31,34). The summed E-state index contributed by atoms with van der Waals surface area (Å²) in [7, 11) is 3.01. The molecule has 2 N–H and O–H groups in total. The smallest absolute Gasteiger partial charge is 0.247 e. The third-order valence-corrected chi connectivity index (χ3v) is 6.52. The molecular formula is C28H23F2N3O5. The molecule has 0 spiro atoms. The molecule has 194 valence electrons. The first-order valence-electron chi connectivity index (χ1n) is 11.7. The van der Waals surface area contributed by atoms with Crippen LogP contribution in [-0.4, -0.2) is 31.0 Å². The van der Waals surface area contributed by atoms with Gasteiger partial charge in [-0.1, -0.05) is 0 Å². The number of hydrogen-bond donors (Lipinski definition) is 1. The molecule has 0 aliphatic heterocycles. The summed E-state index contributed by atoms with van der Waals surface area (Å²) in [4.78, 5) is 31.0. The monoisotopic (exact) mass is 519 g/mol. The maximum absolute atomic E-state index is 15.4. The van der Waals surface area contributed by atoms with Crippen LogP contribution in [0.25, 0.3) is 10.9 Å². The van der Waals surface area contributed by atoms with Gasteiger partial charge in [0.1, 0.15) is 17.0 Å². The number of pyridine rings is 1. The zero-order valence-corrected chi connectivity index (χ0v) is 20.5. The van der Waals surface area contributed by atoms with Gasteiger partial charge < -0.3 is 19.9 Å². The van der Waals surface area contributed by atoms with Gasteiger partial charge in [0, 0.05) is 29.4 Å². The van der Waals surface area contributed by atoms with Gasteiger partial charge >= 0.3 is 0 Å². The van der Waals surface area contributed by atoms with E-state index in [9.17, 15) is 14.0 Å². The van der Waals surface area contributed by atoms with Gasteiger partial charge in [0.15, 0.2) is 23.1 Å². The molecule has 0 atom stereocenters. The number of primary amides is 1. The molecule has 5 rings (SSSR count). The van der Waals surface area contributed by atoms with Crippen LogP contribution >= 0.6 is 0 Å². The van der Waals surface area contributed by atoms with Gasteiger partial charge in [-0.2, -0.15) is 0 Å². The van der Waals surface area contributed by atoms with Crippen molar-refractivity contribution in [2.45, 2.75) is 12.8 Å². The van der Waals surface area contributed by atoms with Crippen molar-refractivity contribution in [1.29, 1.82) is 0 Å². The molecule has 38 heavy (non-hydrogen) atoms. The number of nitrogens with zero attached hydrogens (tertiary/aromatic N) is 2. The predicted octanol–water partition coefficient (Wildman–Crippen LogP) is 5.25. The van der Waals surface area contributed by atoms with E-state index in [2.05, 4.69) is 4.98 Å². The molecule has 3 aromatic carbocycles. The van der Waals surface area contributed by atoms with Crippen LogP contribution in [0.5, 0.6) is 23.0 Å². The van der Waals surface area contributed by atoms with Crippen LogP contribution in [0.2, 0.25) is 0 Å². The van der Waals surface area contributed by atoms with E-state index < -0.39 is 28.9 Å². The summed E-state index contributed by atoms with van der Waals surface area (Å²) < 4.78 is 45.5. The normalized spacial score (nSPS) is 13.6. The van der Waals surface area contributed by atoms with E-state index in [4.69, 9.17) is 19.9 Å². The zero-order chi connectivity index (χ0) is 27.0. The van der Waals surface area contributed by atoms with Crippen LogP contribution in [-0.2, 0) is 9.59 Å². The van der Waals surface area contributed by atoms with E-state index >= 15 is 4.39 Å². The maximum atomic E-state index is 15.4. The number of nitrogens with two attached hydrogens (primary N) is 1. The Bertz CT molecular complexity index is 1550. The van der Waals surface area contributed by atoms with Gasteiger partial charge in [0.2, 0.25) is 11.8 Å². The Kier molecular flexibility index (Phi) is 6.31. The quantitative estimate of drug-likeness (QED) is 0.319. The Balaban J connectivity index is 1.52. The molecule has 1 fully saturated rings. The molecule has 2 amide bonds. The first-order chi connectivity index (χ1) is 18.3. The topological polar surface area (TPSA) is 104 Å². The number of halogens is 2. The predicted molar refractivity (Wildman–Crippen MR) is 136 cm³/mol. The highest BCUT2D eigenvalue weighted by Gasteiger charge is 2.57. The van der Waals surface area contributed by atoms with Gasteiger partial charge in [-0.3, -0.25) is 19.5 Å². The zero-order valence-electron chi connectivity index (χ0n) is 20.5. The second kappa shape index (κ2) is 9.62. The highest BCUT2D eigenvalue weighted by molar-refractivity contribution is 6.16. The van der Waals surface area contributed by atoms with Gasteiger partial charge in [-0.25, -0.2) is 8.78 Å². The summed E-state index contributed by atoms with van der Waals surface area (Å²) in [6.07, 6.45) is 2.08. The van der Waals surface area contributed by atoms with E-state index in [1.165, 1.54) is 61.7 Å². The van der Waals surface area contributed by atoms with Crippen LogP contribution < -0.4 is 24.8 Å². The number of methoxy groups -OCH3 is 2. The van der Waals surface area contributed by atoms with Crippen LogP contribution in [0, 0.1) is 17.0 Å². The summed E-state index contributed by atoms with van der Waals surface area (Å²) in [5.74, 6) is -1.50. The summed E-state index contributed by atoms with van der Waals surface area (Å²) in [5, 5.41) is 0.564. The number of amides is 2. The van der Waals surface area contributed by atoms with Gasteiger partial charge in [0.05, 0.1) is 25.4 Å². The van der Waals surface area contributed by atoms with Crippen LogP contribution in [0.4, 0.5) is 20.2 Å². The van der Waals surface area contributed by atoms with Crippen molar-refractivity contribution in [3.8, 4) is 23.0 Å². The Labute approximate surface area is 216 Å². The minimum Gasteiger partial charge on any atom is -0.493 e. The summed E-state index contributed by atoms with van der Waals surface area (Å²) >= 11 is 0. The van der Waals surface area contributed by atoms with Crippen molar-refractivity contribution >= 4 is 34.1 Å². The van der Waals surface area contributed by atoms with E-state index in [0.29, 0.717) is 28.2 Å². The largest absolute Gasteiger partial charge is 0.493 e. The van der Waals surface area contributed by atoms with Crippen LogP contribution in [0.1, 0.15) is 12.8 Å². The molecule has 0 bridgehead atoms. The molecule has 1 aliphatic rings. The minimum atomic E-state index is -1.38. The fourth-order valence-corrected chi connectivity index (χ4v) is 4.24. The third-order valence-electron chi connectivity index (χ3n) is 6.52. The lowest BCUT2D eigenvalue weighted by molar-refractivity contribution is -0.133. The van der Waals surface area contributed by atoms with Crippen molar-refractivity contribution in [1.82, 2.24) is 4.98 Å². The van der Waals surface area contributed by atoms with Crippen molar-refractivity contribution in [2.24, 2.45) is 11.1 Å². The summed E-state index contributed by atoms with van der Waals surface area (Å²) in [6.45, 7) is 0. The second-order valence-electron chi connectivity index (χ2n) is 8.81. The number of fused-ring (bicyclic) bond motifs is 1. The first-order valence-corrected chi connectivity index (χ1v) is 11.7. The lowest BCUT2D eigenvalue weighted by Crippen LogP contribution is -2.41. The molecule has 10 heteroatoms. The summed E-state index contributed by atoms with van der Waals surface area (Å²) in [6, 6.07) is 14.0. The van der Waals surface area contributed by atoms with E-state index in [-0.39, 0.29) is 30.0 Å². The average molecular weight is 520 g/mol. The number of rotatable bonds is 8. The third kappa shape index (κ3) is 4.34. The number of carbonyl (C=O) groups excluding carboxylic acids is 2. The maximum Gasteiger partial charge on any atom is 0.247 e. The van der Waals surface area contributed by atoms with E-state index in [1.54, 1.807) is 18.2 Å². The average Bonchev–Trinajstić information content (AvgIpc) is 3.73. The first kappa shape index (κ1) is 24.9. The summed E-state index contributed by atoms with van der Waals surface area (Å²) in [5.41, 5.74) is 5.07. The minimum absolute atomic E-state index is 0.112. The Morgan fingerprint density at radius 3 is 2.13 bits per heavy atom. The Hall–Kier alpha value is -4.73. The van der Waals surface area contributed by atoms with E-state index in [1.807, 2.05) is 0 Å². The van der Waals surface area contributed by atoms with Crippen molar-refractivity contribution in [3.63, 3.8) is 0 Å². The lowest BCUT2D eigenvalue weighted by atomic mass is 10.0. The van der Waals surface area contributed by atoms with Crippen molar-refractivity contribution in [2.75, 3.05) is 19.1 Å². The molecular weight excluding hydrogens is 496 g/mol. The number of hydrogen-bond acceptors (Lipinski definition) is 6. The number of aromatic nitrogens is 1. The molecule has 4 aromatic rings. The molecule has 1 aromatic heterocycles. The van der Waals surface area contributed by atoms with Gasteiger partial charge in [-0.05, 0) is 61.4 Å². The van der Waals surface area contributed by atoms with Crippen molar-refractivity contribution in [3.05, 3.63) is 78.5 Å². The molecule has 1 aliphatic carbocycles. The molecule has 0 unspecified atom stereocenters. The molecule has 0 saturated heterocycles. The van der Waals surface area contributed by atoms with Gasteiger partial charge in [-0.15, -0.1) is 0 Å². The highest BCUT2D eigenvalue weighted by atomic mass is 19.1. The van der Waals surface area contributed by atoms with Crippen molar-refractivity contribution < 1.29 is 32.6 Å². The highest BCUT2D eigenvalue weighted by Crippen LogP contribution is 2.49. The lowest BCUT2D eigenvalue weighted by Gasteiger charge is -2.26. The number of benzene rings is 3. The van der Waals surface area contributed by atoms with Gasteiger partial charge in [0.25, 0.3) is 0 Å². The Morgan fingerprint density at radius 2 is 1.53 bits per heavy atom. The van der Waals surface area contributed by atoms with Crippen LogP contribution in [0.15, 0.2) is 66.9 Å². The molecule has 8 nitrogen and oxygen atoms in total. The second-order valence-corrected chi connectivity index (χ2v) is 8.81.